The van der Waals surface area contributed by atoms with E-state index in [1.165, 1.54) is 12.3 Å². The van der Waals surface area contributed by atoms with Crippen LogP contribution in [0.1, 0.15) is 12.6 Å². The molecule has 0 atom stereocenters. The van der Waals surface area contributed by atoms with E-state index >= 15 is 0 Å². The molecule has 4 nitrogen and oxygen atoms in total. The summed E-state index contributed by atoms with van der Waals surface area (Å²) >= 11 is 7.63. The van der Waals surface area contributed by atoms with Crippen LogP contribution in [-0.2, 0) is 13.2 Å². The van der Waals surface area contributed by atoms with Gasteiger partial charge in [0.05, 0.1) is 5.69 Å². The van der Waals surface area contributed by atoms with Crippen molar-refractivity contribution < 1.29 is 13.2 Å². The Morgan fingerprint density at radius 2 is 1.96 bits per heavy atom. The fourth-order valence-corrected chi connectivity index (χ4v) is 3.35. The molecule has 0 spiro atoms. The summed E-state index contributed by atoms with van der Waals surface area (Å²) in [5, 5.41) is 4.80. The van der Waals surface area contributed by atoms with Gasteiger partial charge in [0.2, 0.25) is 0 Å². The molecule has 0 saturated carbocycles. The summed E-state index contributed by atoms with van der Waals surface area (Å²) < 4.78 is 39.6. The number of aromatic nitrogens is 4. The van der Waals surface area contributed by atoms with E-state index in [1.807, 2.05) is 13.0 Å². The van der Waals surface area contributed by atoms with E-state index in [0.29, 0.717) is 27.8 Å². The lowest BCUT2D eigenvalue weighted by Crippen LogP contribution is -2.07. The summed E-state index contributed by atoms with van der Waals surface area (Å²) in [6.45, 7) is 2.03. The molecule has 0 unspecified atom stereocenters. The van der Waals surface area contributed by atoms with Crippen molar-refractivity contribution in [2.75, 3.05) is 5.75 Å². The fraction of sp³-hybridized carbons (Fsp3) is 0.235. The number of aryl methyl sites for hydroxylation is 1. The second kappa shape index (κ2) is 7.28. The van der Waals surface area contributed by atoms with Crippen LogP contribution >= 0.6 is 23.4 Å². The number of pyridine rings is 2. The molecule has 26 heavy (non-hydrogen) atoms. The number of hydrogen-bond acceptors (Lipinski definition) is 4. The minimum Gasteiger partial charge on any atom is -0.267 e. The zero-order chi connectivity index (χ0) is 18.9. The Hall–Kier alpha value is -2.06. The quantitative estimate of drug-likeness (QED) is 0.440. The number of hydrogen-bond donors (Lipinski definition) is 0. The molecule has 0 amide bonds. The molecule has 136 valence electrons. The minimum atomic E-state index is -4.47. The number of alkyl halides is 3. The van der Waals surface area contributed by atoms with Crippen LogP contribution in [0.3, 0.4) is 0 Å². The lowest BCUT2D eigenvalue weighted by molar-refractivity contribution is -0.141. The molecule has 0 aliphatic rings. The average molecular weight is 399 g/mol. The number of halogens is 4. The first kappa shape index (κ1) is 18.7. The molecule has 0 N–H and O–H groups in total. The predicted octanol–water partition coefficient (Wildman–Crippen LogP) is 5.33. The smallest absolute Gasteiger partial charge is 0.267 e. The normalized spacial score (nSPS) is 11.8. The van der Waals surface area contributed by atoms with Crippen molar-refractivity contribution in [1.82, 2.24) is 19.7 Å². The lowest BCUT2D eigenvalue weighted by Gasteiger charge is -2.06. The molecule has 3 aromatic rings. The largest absolute Gasteiger partial charge is 0.433 e. The van der Waals surface area contributed by atoms with E-state index in [0.717, 1.165) is 16.7 Å². The van der Waals surface area contributed by atoms with Crippen molar-refractivity contribution in [2.45, 2.75) is 18.0 Å². The van der Waals surface area contributed by atoms with Crippen LogP contribution in [0.5, 0.6) is 0 Å². The van der Waals surface area contributed by atoms with Gasteiger partial charge in [-0.1, -0.05) is 18.5 Å². The predicted molar refractivity (Wildman–Crippen MR) is 96.1 cm³/mol. The van der Waals surface area contributed by atoms with Crippen molar-refractivity contribution in [3.63, 3.8) is 0 Å². The molecular weight excluding hydrogens is 385 g/mol. The highest BCUT2D eigenvalue weighted by atomic mass is 35.5. The Balaban J connectivity index is 2.02. The van der Waals surface area contributed by atoms with Gasteiger partial charge in [-0.15, -0.1) is 11.8 Å². The summed E-state index contributed by atoms with van der Waals surface area (Å²) in [5.74, 6) is 0.860. The van der Waals surface area contributed by atoms with Gasteiger partial charge in [-0.2, -0.15) is 18.3 Å². The van der Waals surface area contributed by atoms with E-state index in [-0.39, 0.29) is 0 Å². The molecule has 0 aromatic carbocycles. The van der Waals surface area contributed by atoms with Gasteiger partial charge < -0.3 is 0 Å². The van der Waals surface area contributed by atoms with Gasteiger partial charge in [0, 0.05) is 23.7 Å². The van der Waals surface area contributed by atoms with Gasteiger partial charge in [0.1, 0.15) is 22.2 Å². The van der Waals surface area contributed by atoms with E-state index in [9.17, 15) is 13.2 Å². The Bertz CT molecular complexity index is 923. The second-order valence-corrected chi connectivity index (χ2v) is 7.08. The standard InChI is InChI=1S/C17H14ClF3N4S/c1-3-26-13-5-7-15(18)23-16(13)11-8-12(25(2)24-11)10-4-6-14(22-9-10)17(19,20)21/h4-9H,3H2,1-2H3. The fourth-order valence-electron chi connectivity index (χ4n) is 2.44. The number of rotatable bonds is 4. The van der Waals surface area contributed by atoms with Crippen molar-refractivity contribution in [3.8, 4) is 22.6 Å². The van der Waals surface area contributed by atoms with E-state index in [4.69, 9.17) is 11.6 Å². The van der Waals surface area contributed by atoms with Gasteiger partial charge in [0.15, 0.2) is 0 Å². The third-order valence-electron chi connectivity index (χ3n) is 3.60. The minimum absolute atomic E-state index is 0.351. The van der Waals surface area contributed by atoms with Crippen LogP contribution in [0.15, 0.2) is 41.4 Å². The number of nitrogens with zero attached hydrogens (tertiary/aromatic N) is 4. The zero-order valence-electron chi connectivity index (χ0n) is 13.9. The highest BCUT2D eigenvalue weighted by molar-refractivity contribution is 7.99. The maximum atomic E-state index is 12.7. The first-order valence-corrected chi connectivity index (χ1v) is 9.03. The molecule has 0 radical (unpaired) electrons. The Kier molecular flexibility index (Phi) is 5.24. The molecule has 0 fully saturated rings. The van der Waals surface area contributed by atoms with Crippen LogP contribution in [0.25, 0.3) is 22.6 Å². The van der Waals surface area contributed by atoms with Crippen LogP contribution in [0, 0.1) is 0 Å². The van der Waals surface area contributed by atoms with Gasteiger partial charge in [-0.05, 0) is 36.1 Å². The highest BCUT2D eigenvalue weighted by Crippen LogP contribution is 2.33. The first-order valence-electron chi connectivity index (χ1n) is 7.67. The molecular formula is C17H14ClF3N4S. The van der Waals surface area contributed by atoms with Crippen LogP contribution < -0.4 is 0 Å². The zero-order valence-corrected chi connectivity index (χ0v) is 15.5. The van der Waals surface area contributed by atoms with Gasteiger partial charge in [-0.3, -0.25) is 9.67 Å². The topological polar surface area (TPSA) is 43.6 Å². The van der Waals surface area contributed by atoms with Crippen LogP contribution in [0.2, 0.25) is 5.15 Å². The molecule has 0 aliphatic heterocycles. The molecule has 9 heteroatoms. The average Bonchev–Trinajstić information content (AvgIpc) is 2.98. The van der Waals surface area contributed by atoms with Crippen molar-refractivity contribution in [2.24, 2.45) is 7.05 Å². The van der Waals surface area contributed by atoms with Crippen molar-refractivity contribution in [3.05, 3.63) is 47.4 Å². The summed E-state index contributed by atoms with van der Waals surface area (Å²) in [6, 6.07) is 7.70. The van der Waals surface area contributed by atoms with Crippen LogP contribution in [-0.4, -0.2) is 25.5 Å². The molecule has 0 saturated heterocycles. The summed E-state index contributed by atoms with van der Waals surface area (Å²) in [5.41, 5.74) is 1.48. The molecule has 0 aliphatic carbocycles. The SMILES string of the molecule is CCSc1ccc(Cl)nc1-c1cc(-c2ccc(C(F)(F)F)nc2)n(C)n1. The monoisotopic (exact) mass is 398 g/mol. The van der Waals surface area contributed by atoms with Crippen molar-refractivity contribution in [1.29, 1.82) is 0 Å². The van der Waals surface area contributed by atoms with Crippen LogP contribution in [0.4, 0.5) is 13.2 Å². The third-order valence-corrected chi connectivity index (χ3v) is 4.74. The van der Waals surface area contributed by atoms with Gasteiger partial charge in [0.25, 0.3) is 0 Å². The van der Waals surface area contributed by atoms with Gasteiger partial charge >= 0.3 is 6.18 Å². The lowest BCUT2D eigenvalue weighted by atomic mass is 10.1. The van der Waals surface area contributed by atoms with E-state index < -0.39 is 11.9 Å². The summed E-state index contributed by atoms with van der Waals surface area (Å²) in [6.07, 6.45) is -3.27. The number of thioether (sulfide) groups is 1. The second-order valence-electron chi connectivity index (χ2n) is 5.38. The first-order chi connectivity index (χ1) is 12.3. The van der Waals surface area contributed by atoms with E-state index in [2.05, 4.69) is 15.1 Å². The summed E-state index contributed by atoms with van der Waals surface area (Å²) in [7, 11) is 1.72. The molecule has 0 bridgehead atoms. The highest BCUT2D eigenvalue weighted by Gasteiger charge is 2.32. The molecule has 3 aromatic heterocycles. The maximum absolute atomic E-state index is 12.7. The maximum Gasteiger partial charge on any atom is 0.433 e. The van der Waals surface area contributed by atoms with Crippen molar-refractivity contribution >= 4 is 23.4 Å². The van der Waals surface area contributed by atoms with Gasteiger partial charge in [-0.25, -0.2) is 4.98 Å². The summed E-state index contributed by atoms with van der Waals surface area (Å²) in [4.78, 5) is 8.80. The third kappa shape index (κ3) is 3.86. The van der Waals surface area contributed by atoms with E-state index in [1.54, 1.807) is 35.6 Å². The Morgan fingerprint density at radius 3 is 2.58 bits per heavy atom. The Morgan fingerprint density at radius 1 is 1.19 bits per heavy atom. The Labute approximate surface area is 157 Å². The molecule has 3 rings (SSSR count). The molecule has 3 heterocycles.